The Morgan fingerprint density at radius 2 is 1.84 bits per heavy atom. The summed E-state index contributed by atoms with van der Waals surface area (Å²) >= 11 is 6.02. The summed E-state index contributed by atoms with van der Waals surface area (Å²) in [6.45, 7) is 0.747. The van der Waals surface area contributed by atoms with Gasteiger partial charge in [0.25, 0.3) is 0 Å². The van der Waals surface area contributed by atoms with Crippen molar-refractivity contribution in [3.63, 3.8) is 0 Å². The lowest BCUT2D eigenvalue weighted by atomic mass is 10.1. The van der Waals surface area contributed by atoms with Crippen molar-refractivity contribution in [2.24, 2.45) is 0 Å². The molecule has 0 bridgehead atoms. The van der Waals surface area contributed by atoms with Gasteiger partial charge in [0.05, 0.1) is 16.7 Å². The fourth-order valence-electron chi connectivity index (χ4n) is 2.33. The standard InChI is InChI=1S/C14H9ClF6N4/c1-6(13(16,17)18)12-23-10(14(19,20)21)5-25(12)8-2-7-4-22-24-11(7)9(15)3-8/h2-6H,1H3,(H,22,24). The predicted molar refractivity (Wildman–Crippen MR) is 77.7 cm³/mol. The molecule has 3 aromatic rings. The maximum Gasteiger partial charge on any atom is 0.434 e. The number of rotatable bonds is 2. The van der Waals surface area contributed by atoms with Gasteiger partial charge in [-0.05, 0) is 19.1 Å². The van der Waals surface area contributed by atoms with Gasteiger partial charge in [0.2, 0.25) is 0 Å². The van der Waals surface area contributed by atoms with Crippen LogP contribution < -0.4 is 0 Å². The van der Waals surface area contributed by atoms with Crippen LogP contribution in [0.1, 0.15) is 24.4 Å². The van der Waals surface area contributed by atoms with Gasteiger partial charge >= 0.3 is 12.4 Å². The van der Waals surface area contributed by atoms with E-state index in [2.05, 4.69) is 15.2 Å². The molecule has 0 fully saturated rings. The number of hydrogen-bond donors (Lipinski definition) is 1. The number of halogens is 7. The summed E-state index contributed by atoms with van der Waals surface area (Å²) in [4.78, 5) is 3.17. The Morgan fingerprint density at radius 3 is 2.44 bits per heavy atom. The fraction of sp³-hybridized carbons (Fsp3) is 0.286. The summed E-state index contributed by atoms with van der Waals surface area (Å²) in [5.74, 6) is -2.99. The van der Waals surface area contributed by atoms with Crippen LogP contribution in [0.25, 0.3) is 16.6 Å². The third-order valence-corrected chi connectivity index (χ3v) is 3.96. The van der Waals surface area contributed by atoms with Crippen molar-refractivity contribution in [1.82, 2.24) is 19.7 Å². The molecular weight excluding hydrogens is 374 g/mol. The van der Waals surface area contributed by atoms with Crippen LogP contribution in [0.5, 0.6) is 0 Å². The molecule has 1 aromatic carbocycles. The summed E-state index contributed by atoms with van der Waals surface area (Å²) in [5, 5.41) is 6.88. The quantitative estimate of drug-likeness (QED) is 0.628. The first kappa shape index (κ1) is 17.6. The summed E-state index contributed by atoms with van der Waals surface area (Å²) in [6.07, 6.45) is -7.75. The highest BCUT2D eigenvalue weighted by Gasteiger charge is 2.43. The van der Waals surface area contributed by atoms with Crippen LogP contribution in [0.4, 0.5) is 26.3 Å². The van der Waals surface area contributed by atoms with Crippen LogP contribution in [0, 0.1) is 0 Å². The number of imidazole rings is 1. The molecule has 4 nitrogen and oxygen atoms in total. The number of H-pyrrole nitrogens is 1. The van der Waals surface area contributed by atoms with Crippen LogP contribution in [0.15, 0.2) is 24.5 Å². The molecule has 0 spiro atoms. The highest BCUT2D eigenvalue weighted by atomic mass is 35.5. The second-order valence-electron chi connectivity index (χ2n) is 5.38. The average molecular weight is 383 g/mol. The number of nitrogens with one attached hydrogen (secondary N) is 1. The maximum absolute atomic E-state index is 13.0. The van der Waals surface area contributed by atoms with Gasteiger partial charge in [-0.3, -0.25) is 5.10 Å². The van der Waals surface area contributed by atoms with Crippen molar-refractivity contribution in [1.29, 1.82) is 0 Å². The van der Waals surface area contributed by atoms with Crippen LogP contribution in [-0.2, 0) is 6.18 Å². The summed E-state index contributed by atoms with van der Waals surface area (Å²) in [7, 11) is 0. The van der Waals surface area contributed by atoms with E-state index in [0.29, 0.717) is 17.1 Å². The molecule has 0 saturated carbocycles. The van der Waals surface area contributed by atoms with Gasteiger partial charge in [-0.25, -0.2) is 4.98 Å². The predicted octanol–water partition coefficient (Wildman–Crippen LogP) is 5.09. The van der Waals surface area contributed by atoms with Crippen molar-refractivity contribution in [2.45, 2.75) is 25.2 Å². The van der Waals surface area contributed by atoms with E-state index in [1.165, 1.54) is 18.3 Å². The summed E-state index contributed by atoms with van der Waals surface area (Å²) in [6, 6.07) is 2.62. The molecule has 0 aliphatic carbocycles. The van der Waals surface area contributed by atoms with E-state index in [4.69, 9.17) is 11.6 Å². The Labute approximate surface area is 141 Å². The zero-order chi connectivity index (χ0) is 18.6. The number of hydrogen-bond acceptors (Lipinski definition) is 2. The van der Waals surface area contributed by atoms with E-state index in [1.807, 2.05) is 0 Å². The Bertz CT molecular complexity index is 924. The zero-order valence-corrected chi connectivity index (χ0v) is 13.1. The van der Waals surface area contributed by atoms with E-state index in [9.17, 15) is 26.3 Å². The molecule has 1 N–H and O–H groups in total. The Morgan fingerprint density at radius 1 is 1.16 bits per heavy atom. The first-order valence-corrected chi connectivity index (χ1v) is 7.22. The number of fused-ring (bicyclic) bond motifs is 1. The SMILES string of the molecule is CC(c1nc(C(F)(F)F)cn1-c1cc(Cl)c2[nH]ncc2c1)C(F)(F)F. The third kappa shape index (κ3) is 3.17. The highest BCUT2D eigenvalue weighted by Crippen LogP contribution is 2.38. The lowest BCUT2D eigenvalue weighted by Gasteiger charge is -2.17. The summed E-state index contributed by atoms with van der Waals surface area (Å²) in [5.41, 5.74) is -0.970. The number of aromatic nitrogens is 4. The molecule has 2 heterocycles. The maximum atomic E-state index is 13.0. The lowest BCUT2D eigenvalue weighted by molar-refractivity contribution is -0.150. The van der Waals surface area contributed by atoms with Gasteiger partial charge in [0, 0.05) is 17.3 Å². The fourth-order valence-corrected chi connectivity index (χ4v) is 2.59. The molecule has 3 rings (SSSR count). The molecule has 1 unspecified atom stereocenters. The summed E-state index contributed by atoms with van der Waals surface area (Å²) < 4.78 is 78.7. The van der Waals surface area contributed by atoms with Crippen molar-refractivity contribution in [3.05, 3.63) is 41.1 Å². The molecule has 0 aliphatic rings. The average Bonchev–Trinajstić information content (AvgIpc) is 3.11. The first-order valence-electron chi connectivity index (χ1n) is 6.84. The molecule has 25 heavy (non-hydrogen) atoms. The van der Waals surface area contributed by atoms with Crippen LogP contribution >= 0.6 is 11.6 Å². The number of alkyl halides is 6. The molecule has 0 radical (unpaired) electrons. The Hall–Kier alpha value is -2.23. The Balaban J connectivity index is 2.23. The van der Waals surface area contributed by atoms with Gasteiger partial charge in [0.15, 0.2) is 5.69 Å². The smallest absolute Gasteiger partial charge is 0.303 e. The minimum Gasteiger partial charge on any atom is -0.303 e. The molecule has 0 amide bonds. The molecule has 11 heteroatoms. The van der Waals surface area contributed by atoms with Crippen molar-refractivity contribution >= 4 is 22.5 Å². The van der Waals surface area contributed by atoms with Gasteiger partial charge < -0.3 is 4.57 Å². The van der Waals surface area contributed by atoms with Crippen LogP contribution in [0.3, 0.4) is 0 Å². The number of benzene rings is 1. The molecule has 0 saturated heterocycles. The van der Waals surface area contributed by atoms with Crippen LogP contribution in [-0.4, -0.2) is 25.9 Å². The lowest BCUT2D eigenvalue weighted by Crippen LogP contribution is -2.21. The minimum absolute atomic E-state index is 0.0213. The second-order valence-corrected chi connectivity index (χ2v) is 5.78. The molecule has 1 atom stereocenters. The van der Waals surface area contributed by atoms with Crippen molar-refractivity contribution < 1.29 is 26.3 Å². The van der Waals surface area contributed by atoms with Gasteiger partial charge in [-0.2, -0.15) is 31.4 Å². The molecular formula is C14H9ClF6N4. The molecule has 2 aromatic heterocycles. The van der Waals surface area contributed by atoms with Crippen molar-refractivity contribution in [3.8, 4) is 5.69 Å². The van der Waals surface area contributed by atoms with Gasteiger partial charge in [0.1, 0.15) is 11.7 Å². The monoisotopic (exact) mass is 382 g/mol. The van der Waals surface area contributed by atoms with E-state index >= 15 is 0 Å². The molecule has 0 aliphatic heterocycles. The zero-order valence-electron chi connectivity index (χ0n) is 12.4. The van der Waals surface area contributed by atoms with Crippen LogP contribution in [0.2, 0.25) is 5.02 Å². The number of aromatic amines is 1. The highest BCUT2D eigenvalue weighted by molar-refractivity contribution is 6.35. The third-order valence-electron chi connectivity index (χ3n) is 3.67. The topological polar surface area (TPSA) is 46.5 Å². The largest absolute Gasteiger partial charge is 0.434 e. The first-order chi connectivity index (χ1) is 11.5. The van der Waals surface area contributed by atoms with E-state index in [0.717, 1.165) is 11.5 Å². The van der Waals surface area contributed by atoms with Gasteiger partial charge in [-0.1, -0.05) is 11.6 Å². The number of nitrogens with zero attached hydrogens (tertiary/aromatic N) is 3. The second kappa shape index (κ2) is 5.65. The van der Waals surface area contributed by atoms with E-state index < -0.39 is 29.8 Å². The minimum atomic E-state index is -4.88. The van der Waals surface area contributed by atoms with E-state index in [1.54, 1.807) is 0 Å². The molecule has 134 valence electrons. The van der Waals surface area contributed by atoms with Crippen molar-refractivity contribution in [2.75, 3.05) is 0 Å². The van der Waals surface area contributed by atoms with E-state index in [-0.39, 0.29) is 10.7 Å². The van der Waals surface area contributed by atoms with Gasteiger partial charge in [-0.15, -0.1) is 0 Å². The normalized spacial score (nSPS) is 14.2. The Kier molecular flexibility index (Phi) is 3.98.